The van der Waals surface area contributed by atoms with E-state index in [0.29, 0.717) is 16.4 Å². The highest BCUT2D eigenvalue weighted by molar-refractivity contribution is 8.02. The standard InChI is InChI=1S/C18H15N3S/c1-13(2)22-12-18(17(11-21)16(9-19)10-20)14(3)15-7-5-4-6-8-15/h4-8,12-13H,3H2,1-2H3/b18-12-. The van der Waals surface area contributed by atoms with Crippen LogP contribution in [0.25, 0.3) is 5.57 Å². The Morgan fingerprint density at radius 2 is 1.68 bits per heavy atom. The largest absolute Gasteiger partial charge is 0.192 e. The summed E-state index contributed by atoms with van der Waals surface area (Å²) in [5, 5.41) is 29.6. The lowest BCUT2D eigenvalue weighted by Gasteiger charge is -2.11. The molecule has 0 aliphatic rings. The first-order valence-electron chi connectivity index (χ1n) is 6.60. The van der Waals surface area contributed by atoms with E-state index in [1.807, 2.05) is 50.2 Å². The van der Waals surface area contributed by atoms with E-state index in [4.69, 9.17) is 10.5 Å². The summed E-state index contributed by atoms with van der Waals surface area (Å²) in [4.78, 5) is 0. The number of hydrogen-bond acceptors (Lipinski definition) is 4. The summed E-state index contributed by atoms with van der Waals surface area (Å²) in [5.41, 5.74) is 1.85. The van der Waals surface area contributed by atoms with Crippen molar-refractivity contribution in [2.75, 3.05) is 0 Å². The van der Waals surface area contributed by atoms with Crippen LogP contribution in [0.2, 0.25) is 0 Å². The topological polar surface area (TPSA) is 71.4 Å². The van der Waals surface area contributed by atoms with Crippen molar-refractivity contribution in [1.29, 1.82) is 15.8 Å². The predicted molar refractivity (Wildman–Crippen MR) is 90.2 cm³/mol. The number of rotatable bonds is 5. The van der Waals surface area contributed by atoms with Gasteiger partial charge in [-0.25, -0.2) is 0 Å². The average molecular weight is 305 g/mol. The van der Waals surface area contributed by atoms with Crippen molar-refractivity contribution in [3.05, 3.63) is 64.6 Å². The van der Waals surface area contributed by atoms with Crippen molar-refractivity contribution in [1.82, 2.24) is 0 Å². The first kappa shape index (κ1) is 17.3. The van der Waals surface area contributed by atoms with Gasteiger partial charge in [-0.1, -0.05) is 50.8 Å². The summed E-state index contributed by atoms with van der Waals surface area (Å²) < 4.78 is 0. The van der Waals surface area contributed by atoms with Crippen molar-refractivity contribution in [3.8, 4) is 18.2 Å². The van der Waals surface area contributed by atoms with Gasteiger partial charge in [-0.2, -0.15) is 15.8 Å². The lowest BCUT2D eigenvalue weighted by molar-refractivity contribution is 1.12. The highest BCUT2D eigenvalue weighted by Gasteiger charge is 2.16. The van der Waals surface area contributed by atoms with Gasteiger partial charge in [-0.15, -0.1) is 11.8 Å². The molecule has 0 saturated carbocycles. The van der Waals surface area contributed by atoms with Gasteiger partial charge in [0.2, 0.25) is 0 Å². The van der Waals surface area contributed by atoms with E-state index in [9.17, 15) is 5.26 Å². The van der Waals surface area contributed by atoms with Crippen LogP contribution >= 0.6 is 11.8 Å². The molecule has 1 rings (SSSR count). The molecule has 0 aliphatic carbocycles. The lowest BCUT2D eigenvalue weighted by Crippen LogP contribution is -1.96. The molecule has 0 spiro atoms. The second kappa shape index (κ2) is 8.53. The SMILES string of the molecule is C=C(/C(=C/SC(C)C)C(C#N)=C(C#N)C#N)c1ccccc1. The molecule has 0 bridgehead atoms. The van der Waals surface area contributed by atoms with E-state index < -0.39 is 0 Å². The third-order valence-corrected chi connectivity index (χ3v) is 3.68. The molecule has 0 N–H and O–H groups in total. The van der Waals surface area contributed by atoms with Crippen LogP contribution in [-0.2, 0) is 0 Å². The van der Waals surface area contributed by atoms with E-state index >= 15 is 0 Å². The molecule has 0 atom stereocenters. The maximum Gasteiger partial charge on any atom is 0.148 e. The normalized spacial score (nSPS) is 10.3. The smallest absolute Gasteiger partial charge is 0.148 e. The molecule has 1 aromatic rings. The summed E-state index contributed by atoms with van der Waals surface area (Å²) in [6, 6.07) is 14.9. The maximum atomic E-state index is 9.39. The number of benzene rings is 1. The number of hydrogen-bond donors (Lipinski definition) is 0. The van der Waals surface area contributed by atoms with Crippen LogP contribution < -0.4 is 0 Å². The summed E-state index contributed by atoms with van der Waals surface area (Å²) in [6.45, 7) is 8.08. The summed E-state index contributed by atoms with van der Waals surface area (Å²) in [6.07, 6.45) is 0. The molecule has 1 aromatic carbocycles. The van der Waals surface area contributed by atoms with Crippen molar-refractivity contribution in [2.24, 2.45) is 0 Å². The lowest BCUT2D eigenvalue weighted by atomic mass is 9.93. The Balaban J connectivity index is 3.45. The highest BCUT2D eigenvalue weighted by atomic mass is 32.2. The molecular weight excluding hydrogens is 290 g/mol. The third kappa shape index (κ3) is 4.38. The first-order valence-corrected chi connectivity index (χ1v) is 7.54. The molecule has 108 valence electrons. The fourth-order valence-corrected chi connectivity index (χ4v) is 2.34. The highest BCUT2D eigenvalue weighted by Crippen LogP contribution is 2.31. The minimum atomic E-state index is -0.199. The zero-order chi connectivity index (χ0) is 16.5. The third-order valence-electron chi connectivity index (χ3n) is 2.76. The molecule has 0 aliphatic heterocycles. The Morgan fingerprint density at radius 3 is 2.14 bits per heavy atom. The van der Waals surface area contributed by atoms with Gasteiger partial charge in [0.25, 0.3) is 0 Å². The Morgan fingerprint density at radius 1 is 1.09 bits per heavy atom. The van der Waals surface area contributed by atoms with E-state index in [1.165, 1.54) is 11.8 Å². The quantitative estimate of drug-likeness (QED) is 0.589. The second-order valence-corrected chi connectivity index (χ2v) is 6.10. The predicted octanol–water partition coefficient (Wildman–Crippen LogP) is 4.59. The first-order chi connectivity index (χ1) is 10.5. The van der Waals surface area contributed by atoms with Crippen molar-refractivity contribution in [2.45, 2.75) is 19.1 Å². The van der Waals surface area contributed by atoms with Crippen LogP contribution in [-0.4, -0.2) is 5.25 Å². The molecule has 0 aromatic heterocycles. The van der Waals surface area contributed by atoms with Crippen LogP contribution in [0.5, 0.6) is 0 Å². The van der Waals surface area contributed by atoms with Crippen LogP contribution in [0.1, 0.15) is 19.4 Å². The Bertz CT molecular complexity index is 719. The molecule has 0 fully saturated rings. The maximum absolute atomic E-state index is 9.39. The van der Waals surface area contributed by atoms with Gasteiger partial charge in [-0.3, -0.25) is 0 Å². The van der Waals surface area contributed by atoms with Crippen LogP contribution in [0.4, 0.5) is 0 Å². The molecule has 0 amide bonds. The minimum absolute atomic E-state index is 0.0620. The Kier molecular flexibility index (Phi) is 6.71. The molecule has 0 radical (unpaired) electrons. The van der Waals surface area contributed by atoms with E-state index in [1.54, 1.807) is 17.5 Å². The fourth-order valence-electron chi connectivity index (χ4n) is 1.67. The molecule has 0 heterocycles. The van der Waals surface area contributed by atoms with Gasteiger partial charge in [0.05, 0.1) is 5.57 Å². The Labute approximate surface area is 135 Å². The fraction of sp³-hybridized carbons (Fsp3) is 0.167. The molecule has 0 unspecified atom stereocenters. The van der Waals surface area contributed by atoms with Gasteiger partial charge in [0.15, 0.2) is 0 Å². The summed E-state index contributed by atoms with van der Waals surface area (Å²) in [7, 11) is 0. The van der Waals surface area contributed by atoms with Crippen LogP contribution in [0, 0.1) is 34.0 Å². The Hall–Kier alpha value is -2.74. The zero-order valence-electron chi connectivity index (χ0n) is 12.5. The number of nitrogens with zero attached hydrogens (tertiary/aromatic N) is 3. The monoisotopic (exact) mass is 305 g/mol. The number of allylic oxidation sites excluding steroid dienone is 4. The average Bonchev–Trinajstić information content (AvgIpc) is 2.54. The molecular formula is C18H15N3S. The van der Waals surface area contributed by atoms with E-state index in [-0.39, 0.29) is 11.1 Å². The molecule has 22 heavy (non-hydrogen) atoms. The van der Waals surface area contributed by atoms with E-state index in [2.05, 4.69) is 6.58 Å². The minimum Gasteiger partial charge on any atom is -0.192 e. The molecule has 0 saturated heterocycles. The van der Waals surface area contributed by atoms with Gasteiger partial charge in [-0.05, 0) is 16.5 Å². The zero-order valence-corrected chi connectivity index (χ0v) is 13.3. The van der Waals surface area contributed by atoms with Gasteiger partial charge in [0.1, 0.15) is 23.8 Å². The van der Waals surface area contributed by atoms with E-state index in [0.717, 1.165) is 5.56 Å². The molecule has 3 nitrogen and oxygen atoms in total. The molecule has 4 heteroatoms. The van der Waals surface area contributed by atoms with Crippen LogP contribution in [0.15, 0.2) is 59.0 Å². The number of thioether (sulfide) groups is 1. The van der Waals surface area contributed by atoms with Crippen LogP contribution in [0.3, 0.4) is 0 Å². The van der Waals surface area contributed by atoms with Crippen molar-refractivity contribution < 1.29 is 0 Å². The second-order valence-electron chi connectivity index (χ2n) is 4.65. The number of nitriles is 3. The van der Waals surface area contributed by atoms with Gasteiger partial charge in [0, 0.05) is 10.8 Å². The van der Waals surface area contributed by atoms with Gasteiger partial charge < -0.3 is 0 Å². The summed E-state index contributed by atoms with van der Waals surface area (Å²) >= 11 is 1.52. The summed E-state index contributed by atoms with van der Waals surface area (Å²) in [5.74, 6) is 0. The van der Waals surface area contributed by atoms with Gasteiger partial charge >= 0.3 is 0 Å². The van der Waals surface area contributed by atoms with Crippen molar-refractivity contribution in [3.63, 3.8) is 0 Å². The van der Waals surface area contributed by atoms with Crippen molar-refractivity contribution >= 4 is 17.3 Å².